The lowest BCUT2D eigenvalue weighted by Crippen LogP contribution is -2.37. The molecule has 0 radical (unpaired) electrons. The molecule has 16 heavy (non-hydrogen) atoms. The Morgan fingerprint density at radius 1 is 1.44 bits per heavy atom. The summed E-state index contributed by atoms with van der Waals surface area (Å²) in [4.78, 5) is 0. The van der Waals surface area contributed by atoms with Crippen LogP contribution in [0.5, 0.6) is 0 Å². The van der Waals surface area contributed by atoms with Crippen molar-refractivity contribution >= 4 is 0 Å². The van der Waals surface area contributed by atoms with Gasteiger partial charge in [-0.1, -0.05) is 13.8 Å². The normalized spacial score (nSPS) is 15.0. The molecule has 1 aromatic heterocycles. The summed E-state index contributed by atoms with van der Waals surface area (Å²) in [6.07, 6.45) is 3.84. The van der Waals surface area contributed by atoms with Crippen LogP contribution in [0.4, 0.5) is 0 Å². The molecule has 0 saturated carbocycles. The lowest BCUT2D eigenvalue weighted by molar-refractivity contribution is 0.0476. The molecule has 1 rings (SSSR count). The van der Waals surface area contributed by atoms with Gasteiger partial charge in [0.25, 0.3) is 0 Å². The zero-order valence-electron chi connectivity index (χ0n) is 10.5. The molecule has 0 aromatic carbocycles. The first kappa shape index (κ1) is 13.2. The molecule has 0 aliphatic carbocycles. The summed E-state index contributed by atoms with van der Waals surface area (Å²) < 4.78 is 1.88. The number of nitrogens with zero attached hydrogens (tertiary/aromatic N) is 2. The topological polar surface area (TPSA) is 50.1 Å². The summed E-state index contributed by atoms with van der Waals surface area (Å²) in [6.45, 7) is 8.40. The summed E-state index contributed by atoms with van der Waals surface area (Å²) in [6, 6.07) is 1.89. The van der Waals surface area contributed by atoms with Gasteiger partial charge in [-0.25, -0.2) is 0 Å². The van der Waals surface area contributed by atoms with E-state index < -0.39 is 5.60 Å². The molecule has 4 heteroatoms. The van der Waals surface area contributed by atoms with Crippen LogP contribution in [-0.4, -0.2) is 28.0 Å². The molecule has 1 heterocycles. The van der Waals surface area contributed by atoms with Crippen molar-refractivity contribution in [2.45, 2.75) is 45.8 Å². The highest BCUT2D eigenvalue weighted by Gasteiger charge is 2.26. The van der Waals surface area contributed by atoms with Crippen LogP contribution < -0.4 is 5.32 Å². The van der Waals surface area contributed by atoms with Gasteiger partial charge in [-0.3, -0.25) is 4.68 Å². The number of aliphatic hydroxyl groups is 1. The molecule has 4 nitrogen and oxygen atoms in total. The van der Waals surface area contributed by atoms with E-state index in [1.54, 1.807) is 6.20 Å². The number of hydrogen-bond acceptors (Lipinski definition) is 3. The van der Waals surface area contributed by atoms with Crippen molar-refractivity contribution in [2.24, 2.45) is 0 Å². The Hall–Kier alpha value is -0.870. The van der Waals surface area contributed by atoms with Crippen molar-refractivity contribution < 1.29 is 5.11 Å². The molecule has 2 N–H and O–H groups in total. The van der Waals surface area contributed by atoms with Gasteiger partial charge in [0.15, 0.2) is 0 Å². The summed E-state index contributed by atoms with van der Waals surface area (Å²) in [5.74, 6) is 0. The second-order valence-electron chi connectivity index (χ2n) is 4.39. The van der Waals surface area contributed by atoms with Crippen LogP contribution in [0.1, 0.15) is 39.3 Å². The molecule has 0 amide bonds. The van der Waals surface area contributed by atoms with Crippen molar-refractivity contribution in [1.82, 2.24) is 15.1 Å². The number of hydrogen-bond donors (Lipinski definition) is 2. The van der Waals surface area contributed by atoms with Crippen LogP contribution in [0.3, 0.4) is 0 Å². The zero-order chi connectivity index (χ0) is 12.0. The van der Waals surface area contributed by atoms with Gasteiger partial charge >= 0.3 is 0 Å². The van der Waals surface area contributed by atoms with Crippen molar-refractivity contribution in [3.05, 3.63) is 18.0 Å². The Labute approximate surface area is 97.7 Å². The molecule has 0 aliphatic rings. The Morgan fingerprint density at radius 2 is 2.19 bits per heavy atom. The predicted molar refractivity (Wildman–Crippen MR) is 65.2 cm³/mol. The third kappa shape index (κ3) is 3.32. The van der Waals surface area contributed by atoms with Gasteiger partial charge in [0, 0.05) is 19.3 Å². The average molecular weight is 225 g/mol. The van der Waals surface area contributed by atoms with Gasteiger partial charge in [-0.2, -0.15) is 5.10 Å². The van der Waals surface area contributed by atoms with Crippen LogP contribution >= 0.6 is 0 Å². The minimum atomic E-state index is -0.846. The zero-order valence-corrected chi connectivity index (χ0v) is 10.5. The fourth-order valence-corrected chi connectivity index (χ4v) is 1.78. The van der Waals surface area contributed by atoms with Crippen molar-refractivity contribution in [3.63, 3.8) is 0 Å². The first-order chi connectivity index (χ1) is 7.61. The third-order valence-corrected chi connectivity index (χ3v) is 2.60. The summed E-state index contributed by atoms with van der Waals surface area (Å²) in [5, 5.41) is 17.9. The van der Waals surface area contributed by atoms with Crippen molar-refractivity contribution in [2.75, 3.05) is 13.1 Å². The van der Waals surface area contributed by atoms with E-state index in [0.29, 0.717) is 6.54 Å². The Morgan fingerprint density at radius 3 is 2.81 bits per heavy atom. The second-order valence-corrected chi connectivity index (χ2v) is 4.39. The van der Waals surface area contributed by atoms with Crippen LogP contribution in [-0.2, 0) is 12.1 Å². The highest BCUT2D eigenvalue weighted by atomic mass is 16.3. The minimum absolute atomic E-state index is 0.566. The van der Waals surface area contributed by atoms with Crippen LogP contribution in [0.2, 0.25) is 0 Å². The quantitative estimate of drug-likeness (QED) is 0.691. The monoisotopic (exact) mass is 225 g/mol. The van der Waals surface area contributed by atoms with E-state index in [1.165, 1.54) is 0 Å². The lowest BCUT2D eigenvalue weighted by Gasteiger charge is -2.24. The van der Waals surface area contributed by atoms with E-state index in [2.05, 4.69) is 24.3 Å². The minimum Gasteiger partial charge on any atom is -0.383 e. The molecule has 0 fully saturated rings. The molecule has 92 valence electrons. The van der Waals surface area contributed by atoms with E-state index in [1.807, 2.05) is 17.7 Å². The van der Waals surface area contributed by atoms with Gasteiger partial charge in [0.1, 0.15) is 5.60 Å². The maximum absolute atomic E-state index is 10.4. The van der Waals surface area contributed by atoms with Crippen LogP contribution in [0.25, 0.3) is 0 Å². The van der Waals surface area contributed by atoms with E-state index in [9.17, 15) is 5.11 Å². The van der Waals surface area contributed by atoms with Crippen LogP contribution in [0, 0.1) is 0 Å². The van der Waals surface area contributed by atoms with Crippen molar-refractivity contribution in [1.29, 1.82) is 0 Å². The Kier molecular flexibility index (Phi) is 4.96. The maximum Gasteiger partial charge on any atom is 0.116 e. The molecular formula is C12H23N3O. The fraction of sp³-hybridized carbons (Fsp3) is 0.750. The van der Waals surface area contributed by atoms with Gasteiger partial charge in [0.2, 0.25) is 0 Å². The number of aryl methyl sites for hydroxylation is 1. The SMILES string of the molecule is CCCNCC(C)(O)c1ccnn1CCC. The van der Waals surface area contributed by atoms with Crippen LogP contribution in [0.15, 0.2) is 12.3 Å². The summed E-state index contributed by atoms with van der Waals surface area (Å²) in [5.41, 5.74) is 0.0406. The first-order valence-corrected chi connectivity index (χ1v) is 6.07. The van der Waals surface area contributed by atoms with Crippen molar-refractivity contribution in [3.8, 4) is 0 Å². The molecule has 1 aromatic rings. The second kappa shape index (κ2) is 6.01. The van der Waals surface area contributed by atoms with E-state index in [0.717, 1.165) is 31.6 Å². The van der Waals surface area contributed by atoms with E-state index in [4.69, 9.17) is 0 Å². The smallest absolute Gasteiger partial charge is 0.116 e. The summed E-state index contributed by atoms with van der Waals surface area (Å²) >= 11 is 0. The van der Waals surface area contributed by atoms with Gasteiger partial charge in [-0.15, -0.1) is 0 Å². The van der Waals surface area contributed by atoms with E-state index >= 15 is 0 Å². The van der Waals surface area contributed by atoms with Gasteiger partial charge in [-0.05, 0) is 32.4 Å². The Bertz CT molecular complexity index is 307. The molecule has 1 atom stereocenters. The number of nitrogens with one attached hydrogen (secondary N) is 1. The first-order valence-electron chi connectivity index (χ1n) is 6.07. The maximum atomic E-state index is 10.4. The highest BCUT2D eigenvalue weighted by molar-refractivity contribution is 5.11. The lowest BCUT2D eigenvalue weighted by atomic mass is 10.0. The third-order valence-electron chi connectivity index (χ3n) is 2.60. The number of rotatable bonds is 7. The van der Waals surface area contributed by atoms with E-state index in [-0.39, 0.29) is 0 Å². The molecule has 0 saturated heterocycles. The standard InChI is InChI=1S/C12H23N3O/c1-4-7-13-10-12(3,16)11-6-8-14-15(11)9-5-2/h6,8,13,16H,4-5,7,9-10H2,1-3H3. The molecule has 1 unspecified atom stereocenters. The fourth-order valence-electron chi connectivity index (χ4n) is 1.78. The number of aromatic nitrogens is 2. The molecule has 0 spiro atoms. The molecule has 0 aliphatic heterocycles. The van der Waals surface area contributed by atoms with Gasteiger partial charge in [0.05, 0.1) is 5.69 Å². The molecule has 0 bridgehead atoms. The summed E-state index contributed by atoms with van der Waals surface area (Å²) in [7, 11) is 0. The Balaban J connectivity index is 2.68. The predicted octanol–water partition coefficient (Wildman–Crippen LogP) is 1.50. The highest BCUT2D eigenvalue weighted by Crippen LogP contribution is 2.19. The van der Waals surface area contributed by atoms with Gasteiger partial charge < -0.3 is 10.4 Å². The average Bonchev–Trinajstić information content (AvgIpc) is 2.67. The largest absolute Gasteiger partial charge is 0.383 e. The molecular weight excluding hydrogens is 202 g/mol.